The zero-order chi connectivity index (χ0) is 15.4. The van der Waals surface area contributed by atoms with Crippen molar-refractivity contribution in [3.8, 4) is 11.5 Å². The van der Waals surface area contributed by atoms with Crippen LogP contribution in [0.5, 0.6) is 11.5 Å². The first-order chi connectivity index (χ1) is 10.0. The number of urea groups is 1. The molecule has 1 unspecified atom stereocenters. The molecule has 21 heavy (non-hydrogen) atoms. The molecule has 0 aliphatic carbocycles. The fourth-order valence-electron chi connectivity index (χ4n) is 1.84. The maximum absolute atomic E-state index is 12.1. The molecule has 2 rings (SSSR count). The largest absolute Gasteiger partial charge is 0.497 e. The summed E-state index contributed by atoms with van der Waals surface area (Å²) in [7, 11) is 2.96. The van der Waals surface area contributed by atoms with Gasteiger partial charge in [0.2, 0.25) is 0 Å². The molecule has 8 heteroatoms. The summed E-state index contributed by atoms with van der Waals surface area (Å²) in [6.45, 7) is -0.00404. The van der Waals surface area contributed by atoms with E-state index in [9.17, 15) is 14.4 Å². The minimum atomic E-state index is -0.769. The molecule has 3 N–H and O–H groups in total. The second-order valence-corrected chi connectivity index (χ2v) is 4.33. The topological polar surface area (TPSA) is 106 Å². The van der Waals surface area contributed by atoms with Gasteiger partial charge in [0.25, 0.3) is 11.8 Å². The summed E-state index contributed by atoms with van der Waals surface area (Å²) in [6.07, 6.45) is 0. The first-order valence-corrected chi connectivity index (χ1v) is 6.16. The lowest BCUT2D eigenvalue weighted by Crippen LogP contribution is -2.41. The standard InChI is InChI=1S/C13H15N3O5/c1-20-8-3-7(4-9(5-8)21-2)11(17)14-6-10-12(18)16-13(19)15-10/h3-5,10H,6H2,1-2H3,(H,14,17)(H2,15,16,18,19). The maximum Gasteiger partial charge on any atom is 0.322 e. The quantitative estimate of drug-likeness (QED) is 0.643. The van der Waals surface area contributed by atoms with E-state index in [1.165, 1.54) is 14.2 Å². The number of hydrogen-bond donors (Lipinski definition) is 3. The van der Waals surface area contributed by atoms with Crippen LogP contribution in [0.1, 0.15) is 10.4 Å². The van der Waals surface area contributed by atoms with Crippen molar-refractivity contribution in [2.75, 3.05) is 20.8 Å². The van der Waals surface area contributed by atoms with E-state index in [2.05, 4.69) is 16.0 Å². The highest BCUT2D eigenvalue weighted by molar-refractivity contribution is 6.04. The van der Waals surface area contributed by atoms with E-state index < -0.39 is 23.9 Å². The van der Waals surface area contributed by atoms with Crippen molar-refractivity contribution in [2.24, 2.45) is 0 Å². The van der Waals surface area contributed by atoms with Crippen molar-refractivity contribution >= 4 is 17.8 Å². The number of ether oxygens (including phenoxy) is 2. The van der Waals surface area contributed by atoms with Crippen molar-refractivity contribution < 1.29 is 23.9 Å². The molecular formula is C13H15N3O5. The van der Waals surface area contributed by atoms with Crippen molar-refractivity contribution in [1.29, 1.82) is 0 Å². The Morgan fingerprint density at radius 1 is 1.19 bits per heavy atom. The zero-order valence-electron chi connectivity index (χ0n) is 11.6. The van der Waals surface area contributed by atoms with Crippen LogP contribution in [0.2, 0.25) is 0 Å². The Labute approximate surface area is 120 Å². The molecule has 1 heterocycles. The van der Waals surface area contributed by atoms with Gasteiger partial charge in [-0.15, -0.1) is 0 Å². The molecule has 1 aliphatic rings. The monoisotopic (exact) mass is 293 g/mol. The molecule has 0 bridgehead atoms. The van der Waals surface area contributed by atoms with Crippen LogP contribution in [-0.4, -0.2) is 44.7 Å². The van der Waals surface area contributed by atoms with E-state index in [1.54, 1.807) is 18.2 Å². The highest BCUT2D eigenvalue weighted by atomic mass is 16.5. The van der Waals surface area contributed by atoms with Gasteiger partial charge in [-0.05, 0) is 12.1 Å². The highest BCUT2D eigenvalue weighted by Crippen LogP contribution is 2.22. The molecule has 1 saturated heterocycles. The number of carbonyl (C=O) groups excluding carboxylic acids is 3. The smallest absolute Gasteiger partial charge is 0.322 e. The van der Waals surface area contributed by atoms with Gasteiger partial charge in [0.05, 0.1) is 14.2 Å². The van der Waals surface area contributed by atoms with Crippen LogP contribution in [0.15, 0.2) is 18.2 Å². The second-order valence-electron chi connectivity index (χ2n) is 4.33. The molecule has 0 aromatic heterocycles. The molecular weight excluding hydrogens is 278 g/mol. The Balaban J connectivity index is 2.03. The summed E-state index contributed by atoms with van der Waals surface area (Å²) in [5, 5.41) is 7.05. The van der Waals surface area contributed by atoms with E-state index in [0.717, 1.165) is 0 Å². The summed E-state index contributed by atoms with van der Waals surface area (Å²) in [4.78, 5) is 34.4. The van der Waals surface area contributed by atoms with Crippen LogP contribution >= 0.6 is 0 Å². The van der Waals surface area contributed by atoms with Crippen molar-refractivity contribution in [3.05, 3.63) is 23.8 Å². The summed E-state index contributed by atoms with van der Waals surface area (Å²) in [5.74, 6) is 0.0856. The zero-order valence-corrected chi connectivity index (χ0v) is 11.6. The van der Waals surface area contributed by atoms with Crippen LogP contribution in [0.25, 0.3) is 0 Å². The number of methoxy groups -OCH3 is 2. The molecule has 0 saturated carbocycles. The van der Waals surface area contributed by atoms with Gasteiger partial charge < -0.3 is 20.1 Å². The lowest BCUT2D eigenvalue weighted by atomic mass is 10.2. The normalized spacial score (nSPS) is 17.0. The van der Waals surface area contributed by atoms with E-state index in [1.807, 2.05) is 0 Å². The maximum atomic E-state index is 12.1. The molecule has 8 nitrogen and oxygen atoms in total. The number of carbonyl (C=O) groups is 3. The van der Waals surface area contributed by atoms with Crippen molar-refractivity contribution in [3.63, 3.8) is 0 Å². The average molecular weight is 293 g/mol. The van der Waals surface area contributed by atoms with Crippen molar-refractivity contribution in [2.45, 2.75) is 6.04 Å². The molecule has 0 spiro atoms. The lowest BCUT2D eigenvalue weighted by molar-refractivity contribution is -0.120. The first kappa shape index (κ1) is 14.6. The summed E-state index contributed by atoms with van der Waals surface area (Å²) >= 11 is 0. The molecule has 1 aliphatic heterocycles. The lowest BCUT2D eigenvalue weighted by Gasteiger charge is -2.11. The Bertz CT molecular complexity index is 565. The summed E-state index contributed by atoms with van der Waals surface area (Å²) in [5.41, 5.74) is 0.330. The van der Waals surface area contributed by atoms with E-state index >= 15 is 0 Å². The number of rotatable bonds is 5. The number of imide groups is 1. The van der Waals surface area contributed by atoms with Gasteiger partial charge >= 0.3 is 6.03 Å². The molecule has 112 valence electrons. The number of hydrogen-bond acceptors (Lipinski definition) is 5. The van der Waals surface area contributed by atoms with Crippen LogP contribution in [-0.2, 0) is 4.79 Å². The van der Waals surface area contributed by atoms with Gasteiger partial charge in [-0.3, -0.25) is 14.9 Å². The number of benzene rings is 1. The third-order valence-electron chi connectivity index (χ3n) is 2.94. The van der Waals surface area contributed by atoms with Gasteiger partial charge in [-0.1, -0.05) is 0 Å². The predicted molar refractivity (Wildman–Crippen MR) is 72.3 cm³/mol. The molecule has 1 aromatic rings. The first-order valence-electron chi connectivity index (χ1n) is 6.16. The Hall–Kier alpha value is -2.77. The molecule has 1 aromatic carbocycles. The third kappa shape index (κ3) is 3.41. The van der Waals surface area contributed by atoms with Gasteiger partial charge in [0.15, 0.2) is 0 Å². The Morgan fingerprint density at radius 2 is 1.81 bits per heavy atom. The van der Waals surface area contributed by atoms with Crippen LogP contribution in [0.4, 0.5) is 4.79 Å². The molecule has 4 amide bonds. The van der Waals surface area contributed by atoms with Crippen molar-refractivity contribution in [1.82, 2.24) is 16.0 Å². The fraction of sp³-hybridized carbons (Fsp3) is 0.308. The predicted octanol–water partition coefficient (Wildman–Crippen LogP) is -0.358. The minimum Gasteiger partial charge on any atom is -0.497 e. The van der Waals surface area contributed by atoms with Gasteiger partial charge in [-0.2, -0.15) is 0 Å². The molecule has 1 fully saturated rings. The Kier molecular flexibility index (Phi) is 4.27. The third-order valence-corrected chi connectivity index (χ3v) is 2.94. The van der Waals surface area contributed by atoms with Crippen LogP contribution in [0, 0.1) is 0 Å². The number of nitrogens with one attached hydrogen (secondary N) is 3. The average Bonchev–Trinajstić information content (AvgIpc) is 2.81. The fourth-order valence-corrected chi connectivity index (χ4v) is 1.84. The number of amides is 4. The molecule has 0 radical (unpaired) electrons. The van der Waals surface area contributed by atoms with E-state index in [0.29, 0.717) is 17.1 Å². The second kappa shape index (κ2) is 6.12. The highest BCUT2D eigenvalue weighted by Gasteiger charge is 2.29. The van der Waals surface area contributed by atoms with Crippen LogP contribution in [0.3, 0.4) is 0 Å². The minimum absolute atomic E-state index is 0.00404. The Morgan fingerprint density at radius 3 is 2.29 bits per heavy atom. The van der Waals surface area contributed by atoms with Crippen LogP contribution < -0.4 is 25.4 Å². The summed E-state index contributed by atoms with van der Waals surface area (Å²) < 4.78 is 10.2. The van der Waals surface area contributed by atoms with E-state index in [4.69, 9.17) is 9.47 Å². The SMILES string of the molecule is COc1cc(OC)cc(C(=O)NCC2NC(=O)NC2=O)c1. The van der Waals surface area contributed by atoms with Gasteiger partial charge in [0.1, 0.15) is 17.5 Å². The van der Waals surface area contributed by atoms with E-state index in [-0.39, 0.29) is 6.54 Å². The van der Waals surface area contributed by atoms with Gasteiger partial charge in [-0.25, -0.2) is 4.79 Å². The molecule has 1 atom stereocenters. The summed E-state index contributed by atoms with van der Waals surface area (Å²) in [6, 6.07) is 3.40. The van der Waals surface area contributed by atoms with Gasteiger partial charge in [0, 0.05) is 18.2 Å².